The van der Waals surface area contributed by atoms with E-state index >= 15 is 0 Å². The van der Waals surface area contributed by atoms with Gasteiger partial charge in [0.25, 0.3) is 0 Å². The summed E-state index contributed by atoms with van der Waals surface area (Å²) in [6, 6.07) is 12.6. The molecule has 0 fully saturated rings. The molecule has 90 valence electrons. The highest BCUT2D eigenvalue weighted by molar-refractivity contribution is 5.43. The van der Waals surface area contributed by atoms with E-state index in [1.165, 1.54) is 22.6 Å². The minimum atomic E-state index is 0.893. The zero-order valence-electron chi connectivity index (χ0n) is 10.8. The third-order valence-electron chi connectivity index (χ3n) is 3.25. The van der Waals surface area contributed by atoms with Crippen molar-refractivity contribution in [1.29, 1.82) is 0 Å². The summed E-state index contributed by atoms with van der Waals surface area (Å²) in [5.41, 5.74) is 5.27. The summed E-state index contributed by atoms with van der Waals surface area (Å²) in [6.45, 7) is 8.49. The molecule has 1 aromatic carbocycles. The van der Waals surface area contributed by atoms with E-state index in [1.54, 1.807) is 0 Å². The van der Waals surface area contributed by atoms with Crippen molar-refractivity contribution in [1.82, 2.24) is 4.57 Å². The summed E-state index contributed by atoms with van der Waals surface area (Å²) in [4.78, 5) is 0. The fourth-order valence-corrected chi connectivity index (χ4v) is 2.29. The number of nitrogens with one attached hydrogen (secondary N) is 1. The highest BCUT2D eigenvalue weighted by Crippen LogP contribution is 2.16. The van der Waals surface area contributed by atoms with Crippen molar-refractivity contribution in [2.45, 2.75) is 33.9 Å². The Hall–Kier alpha value is -1.70. The Morgan fingerprint density at radius 1 is 1.12 bits per heavy atom. The molecule has 2 nitrogen and oxygen atoms in total. The molecule has 0 unspecified atom stereocenters. The Kier molecular flexibility index (Phi) is 3.52. The Labute approximate surface area is 103 Å². The second-order valence-electron chi connectivity index (χ2n) is 4.36. The Morgan fingerprint density at radius 2 is 1.82 bits per heavy atom. The third-order valence-corrected chi connectivity index (χ3v) is 3.25. The molecule has 0 saturated heterocycles. The molecule has 0 saturated carbocycles. The first-order chi connectivity index (χ1) is 8.22. The van der Waals surface area contributed by atoms with Crippen LogP contribution in [0.2, 0.25) is 0 Å². The smallest absolute Gasteiger partial charge is 0.0418 e. The van der Waals surface area contributed by atoms with Crippen LogP contribution in [0.25, 0.3) is 0 Å². The third kappa shape index (κ3) is 2.52. The molecule has 0 atom stereocenters. The first-order valence-corrected chi connectivity index (χ1v) is 6.17. The topological polar surface area (TPSA) is 17.0 Å². The Balaban J connectivity index is 2.10. The van der Waals surface area contributed by atoms with Crippen LogP contribution in [0, 0.1) is 13.8 Å². The summed E-state index contributed by atoms with van der Waals surface area (Å²) < 4.78 is 2.35. The van der Waals surface area contributed by atoms with Crippen LogP contribution in [0.5, 0.6) is 0 Å². The van der Waals surface area contributed by atoms with Gasteiger partial charge in [-0.25, -0.2) is 0 Å². The van der Waals surface area contributed by atoms with Crippen LogP contribution in [0.1, 0.15) is 23.9 Å². The van der Waals surface area contributed by atoms with Gasteiger partial charge in [0, 0.05) is 30.2 Å². The van der Waals surface area contributed by atoms with Gasteiger partial charge in [-0.1, -0.05) is 18.2 Å². The minimum absolute atomic E-state index is 0.893. The van der Waals surface area contributed by atoms with Crippen molar-refractivity contribution in [3.05, 3.63) is 53.3 Å². The molecule has 1 aromatic heterocycles. The summed E-state index contributed by atoms with van der Waals surface area (Å²) in [5.74, 6) is 0. The minimum Gasteiger partial charge on any atom is -0.381 e. The highest BCUT2D eigenvalue weighted by atomic mass is 15.0. The molecule has 0 spiro atoms. The quantitative estimate of drug-likeness (QED) is 0.843. The summed E-state index contributed by atoms with van der Waals surface area (Å²) in [5, 5.41) is 3.45. The number of hydrogen-bond donors (Lipinski definition) is 1. The molecule has 1 heterocycles. The van der Waals surface area contributed by atoms with E-state index in [9.17, 15) is 0 Å². The van der Waals surface area contributed by atoms with Gasteiger partial charge >= 0.3 is 0 Å². The van der Waals surface area contributed by atoms with E-state index < -0.39 is 0 Å². The van der Waals surface area contributed by atoms with Crippen molar-refractivity contribution >= 4 is 5.69 Å². The number of aryl methyl sites for hydroxylation is 1. The number of rotatable bonds is 4. The monoisotopic (exact) mass is 228 g/mol. The zero-order valence-corrected chi connectivity index (χ0v) is 10.8. The van der Waals surface area contributed by atoms with Gasteiger partial charge in [-0.3, -0.25) is 0 Å². The van der Waals surface area contributed by atoms with Gasteiger partial charge < -0.3 is 9.88 Å². The molecule has 0 aliphatic heterocycles. The highest BCUT2D eigenvalue weighted by Gasteiger charge is 2.06. The number of anilines is 1. The molecule has 2 rings (SSSR count). The molecule has 1 N–H and O–H groups in total. The van der Waals surface area contributed by atoms with Crippen LogP contribution in [0.15, 0.2) is 36.4 Å². The first kappa shape index (κ1) is 11.8. The predicted octanol–water partition coefficient (Wildman–Crippen LogP) is 3.74. The number of aromatic nitrogens is 1. The average molecular weight is 228 g/mol. The van der Waals surface area contributed by atoms with Gasteiger partial charge in [-0.05, 0) is 44.5 Å². The van der Waals surface area contributed by atoms with E-state index in [0.29, 0.717) is 0 Å². The predicted molar refractivity (Wildman–Crippen MR) is 73.3 cm³/mol. The van der Waals surface area contributed by atoms with E-state index in [4.69, 9.17) is 0 Å². The van der Waals surface area contributed by atoms with Crippen LogP contribution in [0.4, 0.5) is 5.69 Å². The molecule has 0 radical (unpaired) electrons. The van der Waals surface area contributed by atoms with E-state index in [-0.39, 0.29) is 0 Å². The molecule has 2 heteroatoms. The molecule has 0 aliphatic carbocycles. The van der Waals surface area contributed by atoms with Crippen molar-refractivity contribution < 1.29 is 0 Å². The molecule has 2 aromatic rings. The second-order valence-corrected chi connectivity index (χ2v) is 4.36. The van der Waals surface area contributed by atoms with E-state index in [0.717, 1.165) is 13.1 Å². The normalized spacial score (nSPS) is 10.5. The molecular formula is C15H20N2. The lowest BCUT2D eigenvalue weighted by atomic mass is 10.2. The number of benzene rings is 1. The maximum atomic E-state index is 3.45. The maximum absolute atomic E-state index is 3.45. The fraction of sp³-hybridized carbons (Fsp3) is 0.333. The van der Waals surface area contributed by atoms with E-state index in [2.05, 4.69) is 61.0 Å². The lowest BCUT2D eigenvalue weighted by molar-refractivity contribution is 0.715. The van der Waals surface area contributed by atoms with Crippen LogP contribution in [0.3, 0.4) is 0 Å². The van der Waals surface area contributed by atoms with E-state index in [1.807, 2.05) is 6.07 Å². The Morgan fingerprint density at radius 3 is 2.41 bits per heavy atom. The van der Waals surface area contributed by atoms with Crippen LogP contribution >= 0.6 is 0 Å². The van der Waals surface area contributed by atoms with Gasteiger partial charge in [-0.2, -0.15) is 0 Å². The standard InChI is InChI=1S/C15H20N2/c1-4-17-12(2)10-14(13(17)3)11-16-15-8-6-5-7-9-15/h5-10,16H,4,11H2,1-3H3. The van der Waals surface area contributed by atoms with Gasteiger partial charge in [0.2, 0.25) is 0 Å². The first-order valence-electron chi connectivity index (χ1n) is 6.17. The SMILES string of the molecule is CCn1c(C)cc(CNc2ccccc2)c1C. The van der Waals surface area contributed by atoms with Crippen molar-refractivity contribution in [3.63, 3.8) is 0 Å². The molecular weight excluding hydrogens is 208 g/mol. The number of para-hydroxylation sites is 1. The lowest BCUT2D eigenvalue weighted by Gasteiger charge is -2.08. The zero-order chi connectivity index (χ0) is 12.3. The van der Waals surface area contributed by atoms with Crippen LogP contribution in [-0.4, -0.2) is 4.57 Å². The largest absolute Gasteiger partial charge is 0.381 e. The molecule has 0 amide bonds. The number of hydrogen-bond acceptors (Lipinski definition) is 1. The Bertz CT molecular complexity index is 483. The average Bonchev–Trinajstić information content (AvgIpc) is 2.63. The summed E-state index contributed by atoms with van der Waals surface area (Å²) in [6.07, 6.45) is 0. The molecule has 0 bridgehead atoms. The van der Waals surface area contributed by atoms with Crippen molar-refractivity contribution in [3.8, 4) is 0 Å². The van der Waals surface area contributed by atoms with Gasteiger partial charge in [-0.15, -0.1) is 0 Å². The van der Waals surface area contributed by atoms with Gasteiger partial charge in [0.1, 0.15) is 0 Å². The van der Waals surface area contributed by atoms with Gasteiger partial charge in [0.05, 0.1) is 0 Å². The van der Waals surface area contributed by atoms with Crippen molar-refractivity contribution in [2.24, 2.45) is 0 Å². The van der Waals surface area contributed by atoms with Crippen LogP contribution < -0.4 is 5.32 Å². The number of nitrogens with zero attached hydrogens (tertiary/aromatic N) is 1. The molecule has 0 aliphatic rings. The van der Waals surface area contributed by atoms with Gasteiger partial charge in [0.15, 0.2) is 0 Å². The fourth-order valence-electron chi connectivity index (χ4n) is 2.29. The summed E-state index contributed by atoms with van der Waals surface area (Å²) >= 11 is 0. The second kappa shape index (κ2) is 5.09. The molecule has 17 heavy (non-hydrogen) atoms. The summed E-state index contributed by atoms with van der Waals surface area (Å²) in [7, 11) is 0. The lowest BCUT2D eigenvalue weighted by Crippen LogP contribution is -2.02. The van der Waals surface area contributed by atoms with Crippen molar-refractivity contribution in [2.75, 3.05) is 5.32 Å². The van der Waals surface area contributed by atoms with Crippen LogP contribution in [-0.2, 0) is 13.1 Å². The maximum Gasteiger partial charge on any atom is 0.0418 e.